The van der Waals surface area contributed by atoms with E-state index in [0.29, 0.717) is 18.9 Å². The van der Waals surface area contributed by atoms with Gasteiger partial charge in [-0.3, -0.25) is 9.59 Å². The van der Waals surface area contributed by atoms with E-state index in [1.54, 1.807) is 6.92 Å². The molecule has 0 aliphatic rings. The molecule has 15 heavy (non-hydrogen) atoms. The second-order valence-corrected chi connectivity index (χ2v) is 3.83. The first-order valence-electron chi connectivity index (χ1n) is 5.36. The first kappa shape index (κ1) is 14.4. The summed E-state index contributed by atoms with van der Waals surface area (Å²) in [7, 11) is 0. The molecule has 0 amide bonds. The van der Waals surface area contributed by atoms with Gasteiger partial charge in [0.15, 0.2) is 0 Å². The van der Waals surface area contributed by atoms with Gasteiger partial charge in [-0.1, -0.05) is 12.8 Å². The number of hydrogen-bond acceptors (Lipinski definition) is 3. The third kappa shape index (κ3) is 6.50. The third-order valence-corrected chi connectivity index (χ3v) is 2.46. The Morgan fingerprint density at radius 1 is 1.27 bits per heavy atom. The van der Waals surface area contributed by atoms with E-state index < -0.39 is 11.9 Å². The SMILES string of the molecule is CCOC(=O)C(CCCCCCl)C(C)=O. The Bertz CT molecular complexity index is 204. The van der Waals surface area contributed by atoms with E-state index in [2.05, 4.69) is 0 Å². The fraction of sp³-hybridized carbons (Fsp3) is 0.818. The van der Waals surface area contributed by atoms with Crippen LogP contribution in [0.15, 0.2) is 0 Å². The highest BCUT2D eigenvalue weighted by atomic mass is 35.5. The Kier molecular flexibility index (Phi) is 8.38. The highest BCUT2D eigenvalue weighted by Crippen LogP contribution is 2.13. The second kappa shape index (κ2) is 8.72. The van der Waals surface area contributed by atoms with Crippen molar-refractivity contribution in [1.29, 1.82) is 0 Å². The van der Waals surface area contributed by atoms with Crippen LogP contribution in [-0.2, 0) is 14.3 Å². The minimum atomic E-state index is -0.583. The molecule has 0 aliphatic heterocycles. The number of alkyl halides is 1. The van der Waals surface area contributed by atoms with Crippen molar-refractivity contribution in [3.8, 4) is 0 Å². The van der Waals surface area contributed by atoms with Gasteiger partial charge in [-0.05, 0) is 26.7 Å². The number of carbonyl (C=O) groups excluding carboxylic acids is 2. The maximum Gasteiger partial charge on any atom is 0.316 e. The zero-order chi connectivity index (χ0) is 11.7. The van der Waals surface area contributed by atoms with Crippen LogP contribution < -0.4 is 0 Å². The van der Waals surface area contributed by atoms with Crippen molar-refractivity contribution >= 4 is 23.4 Å². The van der Waals surface area contributed by atoms with Crippen molar-refractivity contribution in [3.05, 3.63) is 0 Å². The summed E-state index contributed by atoms with van der Waals surface area (Å²) in [6, 6.07) is 0. The van der Waals surface area contributed by atoms with E-state index in [9.17, 15) is 9.59 Å². The largest absolute Gasteiger partial charge is 0.465 e. The molecule has 1 atom stereocenters. The van der Waals surface area contributed by atoms with Crippen LogP contribution >= 0.6 is 11.6 Å². The van der Waals surface area contributed by atoms with Crippen LogP contribution in [0.1, 0.15) is 39.5 Å². The van der Waals surface area contributed by atoms with Gasteiger partial charge < -0.3 is 4.74 Å². The molecule has 0 fully saturated rings. The van der Waals surface area contributed by atoms with Gasteiger partial charge in [-0.25, -0.2) is 0 Å². The summed E-state index contributed by atoms with van der Waals surface area (Å²) in [6.45, 7) is 3.50. The average Bonchev–Trinajstić information content (AvgIpc) is 2.17. The molecule has 0 aromatic carbocycles. The average molecular weight is 235 g/mol. The minimum Gasteiger partial charge on any atom is -0.465 e. The Morgan fingerprint density at radius 2 is 1.93 bits per heavy atom. The molecule has 4 heteroatoms. The zero-order valence-corrected chi connectivity index (χ0v) is 10.2. The Morgan fingerprint density at radius 3 is 2.40 bits per heavy atom. The lowest BCUT2D eigenvalue weighted by Gasteiger charge is -2.11. The van der Waals surface area contributed by atoms with E-state index in [1.807, 2.05) is 0 Å². The van der Waals surface area contributed by atoms with Gasteiger partial charge in [-0.2, -0.15) is 0 Å². The topological polar surface area (TPSA) is 43.4 Å². The normalized spacial score (nSPS) is 12.2. The second-order valence-electron chi connectivity index (χ2n) is 3.45. The van der Waals surface area contributed by atoms with Crippen molar-refractivity contribution in [3.63, 3.8) is 0 Å². The molecule has 0 aromatic heterocycles. The van der Waals surface area contributed by atoms with E-state index in [4.69, 9.17) is 16.3 Å². The highest BCUT2D eigenvalue weighted by Gasteiger charge is 2.23. The molecule has 3 nitrogen and oxygen atoms in total. The molecule has 0 spiro atoms. The van der Waals surface area contributed by atoms with Gasteiger partial charge in [0.25, 0.3) is 0 Å². The minimum absolute atomic E-state index is 0.112. The van der Waals surface area contributed by atoms with Gasteiger partial charge in [0.05, 0.1) is 6.61 Å². The van der Waals surface area contributed by atoms with Crippen LogP contribution in [0.25, 0.3) is 0 Å². The summed E-state index contributed by atoms with van der Waals surface area (Å²) in [4.78, 5) is 22.6. The smallest absolute Gasteiger partial charge is 0.316 e. The van der Waals surface area contributed by atoms with Crippen molar-refractivity contribution in [2.24, 2.45) is 5.92 Å². The van der Waals surface area contributed by atoms with Crippen LogP contribution in [0, 0.1) is 5.92 Å². The van der Waals surface area contributed by atoms with Crippen LogP contribution in [0.3, 0.4) is 0 Å². The molecule has 0 rings (SSSR count). The molecule has 0 heterocycles. The summed E-state index contributed by atoms with van der Waals surface area (Å²) in [5, 5.41) is 0. The lowest BCUT2D eigenvalue weighted by molar-refractivity contribution is -0.151. The molecule has 88 valence electrons. The summed E-state index contributed by atoms with van der Waals surface area (Å²) in [5.41, 5.74) is 0. The zero-order valence-electron chi connectivity index (χ0n) is 9.42. The number of ketones is 1. The number of hydrogen-bond donors (Lipinski definition) is 0. The van der Waals surface area contributed by atoms with E-state index in [0.717, 1.165) is 19.3 Å². The number of halogens is 1. The van der Waals surface area contributed by atoms with Gasteiger partial charge in [0, 0.05) is 5.88 Å². The number of carbonyl (C=O) groups is 2. The quantitative estimate of drug-likeness (QED) is 0.281. The van der Waals surface area contributed by atoms with Crippen molar-refractivity contribution in [1.82, 2.24) is 0 Å². The Hall–Kier alpha value is -0.570. The standard InChI is InChI=1S/C11H19ClO3/c1-3-15-11(14)10(9(2)13)7-5-4-6-8-12/h10H,3-8H2,1-2H3. The van der Waals surface area contributed by atoms with Crippen LogP contribution in [-0.4, -0.2) is 24.2 Å². The Labute approximate surface area is 96.1 Å². The van der Waals surface area contributed by atoms with E-state index in [1.165, 1.54) is 6.92 Å². The molecular weight excluding hydrogens is 216 g/mol. The van der Waals surface area contributed by atoms with E-state index >= 15 is 0 Å². The molecule has 0 saturated carbocycles. The molecule has 1 unspecified atom stereocenters. The monoisotopic (exact) mass is 234 g/mol. The molecule has 0 aliphatic carbocycles. The molecule has 0 radical (unpaired) electrons. The van der Waals surface area contributed by atoms with Crippen LogP contribution in [0.2, 0.25) is 0 Å². The molecule has 0 aromatic rings. The van der Waals surface area contributed by atoms with Gasteiger partial charge in [0.2, 0.25) is 0 Å². The predicted molar refractivity (Wildman–Crippen MR) is 60.0 cm³/mol. The van der Waals surface area contributed by atoms with Crippen molar-refractivity contribution in [2.75, 3.05) is 12.5 Å². The van der Waals surface area contributed by atoms with Crippen molar-refractivity contribution in [2.45, 2.75) is 39.5 Å². The number of esters is 1. The van der Waals surface area contributed by atoms with Crippen LogP contribution in [0.4, 0.5) is 0 Å². The first-order valence-corrected chi connectivity index (χ1v) is 5.90. The van der Waals surface area contributed by atoms with Gasteiger partial charge in [0.1, 0.15) is 11.7 Å². The number of Topliss-reactive ketones (excluding diaryl/α,β-unsaturated/α-hetero) is 1. The number of ether oxygens (including phenoxy) is 1. The first-order chi connectivity index (χ1) is 7.13. The summed E-state index contributed by atoms with van der Waals surface area (Å²) in [6.07, 6.45) is 3.29. The maximum absolute atomic E-state index is 11.4. The van der Waals surface area contributed by atoms with E-state index in [-0.39, 0.29) is 5.78 Å². The third-order valence-electron chi connectivity index (χ3n) is 2.19. The fourth-order valence-electron chi connectivity index (χ4n) is 1.35. The van der Waals surface area contributed by atoms with Crippen molar-refractivity contribution < 1.29 is 14.3 Å². The molecule has 0 N–H and O–H groups in total. The summed E-state index contributed by atoms with van der Waals surface area (Å²) < 4.78 is 4.84. The van der Waals surface area contributed by atoms with Gasteiger partial charge >= 0.3 is 5.97 Å². The lowest BCUT2D eigenvalue weighted by atomic mass is 9.98. The fourth-order valence-corrected chi connectivity index (χ4v) is 1.54. The molecular formula is C11H19ClO3. The lowest BCUT2D eigenvalue weighted by Crippen LogP contribution is -2.24. The number of unbranched alkanes of at least 4 members (excludes halogenated alkanes) is 2. The molecule has 0 bridgehead atoms. The molecule has 0 saturated heterocycles. The highest BCUT2D eigenvalue weighted by molar-refractivity contribution is 6.17. The summed E-state index contributed by atoms with van der Waals surface area (Å²) >= 11 is 5.53. The number of rotatable bonds is 8. The van der Waals surface area contributed by atoms with Crippen LogP contribution in [0.5, 0.6) is 0 Å². The van der Waals surface area contributed by atoms with Gasteiger partial charge in [-0.15, -0.1) is 11.6 Å². The Balaban J connectivity index is 3.94. The summed E-state index contributed by atoms with van der Waals surface area (Å²) in [5.74, 6) is -0.458. The maximum atomic E-state index is 11.4. The predicted octanol–water partition coefficient (Wildman–Crippen LogP) is 2.55.